The smallest absolute Gasteiger partial charge is 0.459 e. The Labute approximate surface area is 276 Å². The third-order valence-corrected chi connectivity index (χ3v) is 9.28. The maximum atomic E-state index is 14.2. The first-order valence-corrected chi connectivity index (χ1v) is 16.4. The molecule has 48 heavy (non-hydrogen) atoms. The second-order valence-corrected chi connectivity index (χ2v) is 12.8. The number of hydrogen-bond donors (Lipinski definition) is 2. The number of hydrogen-bond acceptors (Lipinski definition) is 15. The van der Waals surface area contributed by atoms with Gasteiger partial charge in [0.1, 0.15) is 35.3 Å². The average Bonchev–Trinajstić information content (AvgIpc) is 3.62. The van der Waals surface area contributed by atoms with Gasteiger partial charge in [-0.1, -0.05) is 18.2 Å². The predicted octanol–water partition coefficient (Wildman–Crippen LogP) is 2.39. The molecular formula is C30H40N5O12P. The summed E-state index contributed by atoms with van der Waals surface area (Å²) in [4.78, 5) is 42.6. The predicted molar refractivity (Wildman–Crippen MR) is 168 cm³/mol. The Morgan fingerprint density at radius 3 is 2.27 bits per heavy atom. The Kier molecular flexibility index (Phi) is 11.8. The summed E-state index contributed by atoms with van der Waals surface area (Å²) in [5, 5.41) is 6.85. The number of anilines is 1. The summed E-state index contributed by atoms with van der Waals surface area (Å²) in [6, 6.07) is 10.3. The first kappa shape index (κ1) is 36.7. The molecule has 0 spiro atoms. The van der Waals surface area contributed by atoms with Gasteiger partial charge in [0.25, 0.3) is 0 Å². The molecule has 2 aromatic heterocycles. The standard InChI is InChI=1S/C30H40N5O12P/c1-17(27(36)42-7)34-48(39,47-20-11-9-8-10-12-20)43-15-30(4)25(45-29(38)19(3)41-6)24(44-28(37)18(2)40-5)23(46-30)21-13-14-22-26(31)32-16-33-35(21)22/h8-14,16-19,23-25H,15H2,1-7H3,(H,34,39)(H2,31,32,33)/t17-,18+,19+,23-,24-,25-,30+,48-/m0/s1. The molecule has 8 atom stereocenters. The number of para-hydroxylation sites is 1. The lowest BCUT2D eigenvalue weighted by molar-refractivity contribution is -0.182. The highest BCUT2D eigenvalue weighted by atomic mass is 31.2. The molecule has 0 radical (unpaired) electrons. The fourth-order valence-corrected chi connectivity index (χ4v) is 6.40. The topological polar surface area (TPSA) is 210 Å². The van der Waals surface area contributed by atoms with Crippen LogP contribution in [0.25, 0.3) is 5.52 Å². The molecule has 18 heteroatoms. The molecule has 0 bridgehead atoms. The second-order valence-electron chi connectivity index (χ2n) is 11.1. The van der Waals surface area contributed by atoms with Crippen LogP contribution in [-0.2, 0) is 51.9 Å². The third-order valence-electron chi connectivity index (χ3n) is 7.66. The minimum absolute atomic E-state index is 0.162. The van der Waals surface area contributed by atoms with E-state index in [4.69, 9.17) is 43.2 Å². The summed E-state index contributed by atoms with van der Waals surface area (Å²) < 4.78 is 60.8. The van der Waals surface area contributed by atoms with Gasteiger partial charge in [0.2, 0.25) is 0 Å². The van der Waals surface area contributed by atoms with E-state index in [2.05, 4.69) is 15.2 Å². The summed E-state index contributed by atoms with van der Waals surface area (Å²) in [5.41, 5.74) is 5.16. The number of aromatic nitrogens is 3. The van der Waals surface area contributed by atoms with Gasteiger partial charge in [0.15, 0.2) is 30.2 Å². The summed E-state index contributed by atoms with van der Waals surface area (Å²) in [7, 11) is -0.578. The van der Waals surface area contributed by atoms with Crippen molar-refractivity contribution in [3.05, 3.63) is 54.5 Å². The number of carbonyl (C=O) groups excluding carboxylic acids is 3. The lowest BCUT2D eigenvalue weighted by Crippen LogP contribution is -2.50. The molecule has 3 aromatic rings. The van der Waals surface area contributed by atoms with E-state index in [1.807, 2.05) is 0 Å². The van der Waals surface area contributed by atoms with Crippen molar-refractivity contribution in [2.24, 2.45) is 0 Å². The molecule has 0 amide bonds. The zero-order chi connectivity index (χ0) is 35.2. The molecule has 1 aliphatic rings. The van der Waals surface area contributed by atoms with E-state index in [0.29, 0.717) is 11.2 Å². The number of nitrogens with two attached hydrogens (primary N) is 1. The quantitative estimate of drug-likeness (QED) is 0.133. The van der Waals surface area contributed by atoms with Crippen LogP contribution in [0.15, 0.2) is 48.8 Å². The van der Waals surface area contributed by atoms with E-state index in [1.165, 1.54) is 59.9 Å². The van der Waals surface area contributed by atoms with Crippen molar-refractivity contribution in [2.75, 3.05) is 33.7 Å². The Morgan fingerprint density at radius 1 is 1.00 bits per heavy atom. The van der Waals surface area contributed by atoms with Gasteiger partial charge in [-0.05, 0) is 52.0 Å². The maximum absolute atomic E-state index is 14.2. The van der Waals surface area contributed by atoms with Crippen LogP contribution in [0.2, 0.25) is 0 Å². The van der Waals surface area contributed by atoms with Gasteiger partial charge < -0.3 is 38.7 Å². The molecule has 1 aromatic carbocycles. The van der Waals surface area contributed by atoms with E-state index < -0.39 is 74.4 Å². The molecule has 17 nitrogen and oxygen atoms in total. The minimum Gasteiger partial charge on any atom is -0.468 e. The fourth-order valence-electron chi connectivity index (χ4n) is 4.81. The lowest BCUT2D eigenvalue weighted by Gasteiger charge is -2.33. The summed E-state index contributed by atoms with van der Waals surface area (Å²) in [5.74, 6) is -2.01. The number of esters is 3. The fraction of sp³-hybridized carbons (Fsp3) is 0.500. The average molecular weight is 694 g/mol. The van der Waals surface area contributed by atoms with Crippen LogP contribution in [0.3, 0.4) is 0 Å². The highest BCUT2D eigenvalue weighted by Gasteiger charge is 2.59. The molecule has 0 unspecified atom stereocenters. The lowest BCUT2D eigenvalue weighted by atomic mass is 9.96. The molecule has 0 aliphatic carbocycles. The van der Waals surface area contributed by atoms with Gasteiger partial charge in [0.05, 0.1) is 19.4 Å². The number of rotatable bonds is 15. The largest absolute Gasteiger partial charge is 0.468 e. The van der Waals surface area contributed by atoms with Crippen LogP contribution in [0.5, 0.6) is 5.75 Å². The Hall–Kier alpha value is -4.12. The zero-order valence-corrected chi connectivity index (χ0v) is 28.4. The van der Waals surface area contributed by atoms with Gasteiger partial charge in [0, 0.05) is 14.2 Å². The number of ether oxygens (including phenoxy) is 6. The first-order valence-electron chi connectivity index (χ1n) is 14.8. The first-order chi connectivity index (χ1) is 22.8. The van der Waals surface area contributed by atoms with Crippen molar-refractivity contribution in [3.8, 4) is 5.75 Å². The number of nitrogen functional groups attached to an aromatic ring is 1. The summed E-state index contributed by atoms with van der Waals surface area (Å²) in [6.07, 6.45) is -4.68. The molecular weight excluding hydrogens is 653 g/mol. The molecule has 1 aliphatic heterocycles. The van der Waals surface area contributed by atoms with Crippen molar-refractivity contribution in [1.82, 2.24) is 19.7 Å². The van der Waals surface area contributed by atoms with Gasteiger partial charge in [-0.2, -0.15) is 10.2 Å². The van der Waals surface area contributed by atoms with Crippen molar-refractivity contribution < 1.29 is 56.4 Å². The molecule has 262 valence electrons. The monoisotopic (exact) mass is 693 g/mol. The summed E-state index contributed by atoms with van der Waals surface area (Å²) >= 11 is 0. The number of fused-ring (bicyclic) bond motifs is 1. The van der Waals surface area contributed by atoms with E-state index >= 15 is 0 Å². The molecule has 1 saturated heterocycles. The van der Waals surface area contributed by atoms with E-state index in [1.54, 1.807) is 42.5 Å². The van der Waals surface area contributed by atoms with Crippen LogP contribution >= 0.6 is 7.75 Å². The number of methoxy groups -OCH3 is 3. The van der Waals surface area contributed by atoms with Gasteiger partial charge >= 0.3 is 25.7 Å². The third kappa shape index (κ3) is 8.11. The van der Waals surface area contributed by atoms with Crippen molar-refractivity contribution in [1.29, 1.82) is 0 Å². The number of nitrogens with zero attached hydrogens (tertiary/aromatic N) is 3. The Morgan fingerprint density at radius 2 is 1.65 bits per heavy atom. The highest BCUT2D eigenvalue weighted by molar-refractivity contribution is 7.52. The zero-order valence-electron chi connectivity index (χ0n) is 27.6. The van der Waals surface area contributed by atoms with E-state index in [0.717, 1.165) is 0 Å². The maximum Gasteiger partial charge on any atom is 0.459 e. The SMILES string of the molecule is COC(=O)[C@H](C)N[P@](=O)(OC[C@@]1(C)O[C@@H](c2ccc3c(N)ncnn23)[C@H](OC(=O)[C@@H](C)OC)[C@@H]1OC(=O)[C@@H](C)OC)Oc1ccccc1. The minimum atomic E-state index is -4.40. The van der Waals surface area contributed by atoms with Crippen LogP contribution in [0.1, 0.15) is 39.5 Å². The van der Waals surface area contributed by atoms with Crippen molar-refractivity contribution in [3.63, 3.8) is 0 Å². The Balaban J connectivity index is 1.78. The van der Waals surface area contributed by atoms with Crippen LogP contribution in [0.4, 0.5) is 5.82 Å². The van der Waals surface area contributed by atoms with Crippen LogP contribution in [0, 0.1) is 0 Å². The number of nitrogens with one attached hydrogen (secondary N) is 1. The van der Waals surface area contributed by atoms with Crippen LogP contribution < -0.4 is 15.3 Å². The molecule has 3 heterocycles. The Bertz CT molecular complexity index is 1640. The van der Waals surface area contributed by atoms with Gasteiger partial charge in [-0.25, -0.2) is 23.7 Å². The number of carbonyl (C=O) groups is 3. The highest BCUT2D eigenvalue weighted by Crippen LogP contribution is 2.50. The van der Waals surface area contributed by atoms with Gasteiger partial charge in [-0.3, -0.25) is 9.32 Å². The molecule has 4 rings (SSSR count). The van der Waals surface area contributed by atoms with E-state index in [9.17, 15) is 18.9 Å². The van der Waals surface area contributed by atoms with E-state index in [-0.39, 0.29) is 11.6 Å². The van der Waals surface area contributed by atoms with Crippen LogP contribution in [-0.4, -0.2) is 96.5 Å². The molecule has 0 saturated carbocycles. The molecule has 1 fully saturated rings. The van der Waals surface area contributed by atoms with Crippen molar-refractivity contribution in [2.45, 2.75) is 69.9 Å². The second kappa shape index (κ2) is 15.4. The summed E-state index contributed by atoms with van der Waals surface area (Å²) in [6.45, 7) is 5.29. The number of benzene rings is 1. The normalized spacial score (nSPS) is 23.9. The van der Waals surface area contributed by atoms with Gasteiger partial charge in [-0.15, -0.1) is 0 Å². The van der Waals surface area contributed by atoms with Crippen molar-refractivity contribution >= 4 is 37.0 Å². The molecule has 3 N–H and O–H groups in total.